The van der Waals surface area contributed by atoms with Crippen molar-refractivity contribution >= 4 is 0 Å². The summed E-state index contributed by atoms with van der Waals surface area (Å²) in [6.07, 6.45) is 0. The zero-order chi connectivity index (χ0) is 13.9. The van der Waals surface area contributed by atoms with Crippen molar-refractivity contribution in [2.45, 2.75) is 33.1 Å². The quantitative estimate of drug-likeness (QED) is 0.914. The molecule has 2 nitrogen and oxygen atoms in total. The molecular weight excluding hydrogens is 244 g/mol. The van der Waals surface area contributed by atoms with Crippen LogP contribution in [0.1, 0.15) is 27.8 Å². The van der Waals surface area contributed by atoms with E-state index in [9.17, 15) is 0 Å². The Bertz CT molecular complexity index is 587. The predicted octanol–water partition coefficient (Wildman–Crippen LogP) is 3.23. The fourth-order valence-corrected chi connectivity index (χ4v) is 2.90. The van der Waals surface area contributed by atoms with Crippen molar-refractivity contribution in [3.8, 4) is 0 Å². The van der Waals surface area contributed by atoms with E-state index < -0.39 is 0 Å². The number of fused-ring (bicyclic) bond motifs is 1. The van der Waals surface area contributed by atoms with Crippen LogP contribution >= 0.6 is 0 Å². The second-order valence-electron chi connectivity index (χ2n) is 5.76. The summed E-state index contributed by atoms with van der Waals surface area (Å²) in [5, 5.41) is 3.22. The molecule has 20 heavy (non-hydrogen) atoms. The van der Waals surface area contributed by atoms with Crippen LogP contribution in [0.5, 0.6) is 0 Å². The zero-order valence-electron chi connectivity index (χ0n) is 12.3. The molecule has 0 aromatic heterocycles. The van der Waals surface area contributed by atoms with Gasteiger partial charge >= 0.3 is 0 Å². The van der Waals surface area contributed by atoms with Crippen LogP contribution in [0.3, 0.4) is 0 Å². The van der Waals surface area contributed by atoms with Crippen LogP contribution in [0.15, 0.2) is 42.5 Å². The van der Waals surface area contributed by atoms with Crippen molar-refractivity contribution in [1.29, 1.82) is 0 Å². The monoisotopic (exact) mass is 266 g/mol. The lowest BCUT2D eigenvalue weighted by atomic mass is 10.1. The highest BCUT2D eigenvalue weighted by Gasteiger charge is 2.18. The van der Waals surface area contributed by atoms with E-state index in [0.29, 0.717) is 0 Å². The summed E-state index contributed by atoms with van der Waals surface area (Å²) in [4.78, 5) is 2.51. The van der Waals surface area contributed by atoms with Crippen molar-refractivity contribution in [2.75, 3.05) is 7.05 Å². The van der Waals surface area contributed by atoms with Crippen molar-refractivity contribution in [3.63, 3.8) is 0 Å². The molecule has 0 aliphatic carbocycles. The lowest BCUT2D eigenvalue weighted by Crippen LogP contribution is -2.15. The molecule has 1 aliphatic heterocycles. The van der Waals surface area contributed by atoms with Gasteiger partial charge in [0.1, 0.15) is 0 Å². The van der Waals surface area contributed by atoms with E-state index in [1.165, 1.54) is 27.8 Å². The standard InChI is InChI=1S/C18H22N2/c1-14-3-5-15(6-4-14)11-20-12-17-8-7-16(10-19-2)9-18(17)13-20/h3-9,19H,10-13H2,1-2H3. The number of aryl methyl sites for hydroxylation is 1. The average molecular weight is 266 g/mol. The number of nitrogens with zero attached hydrogens (tertiary/aromatic N) is 1. The molecule has 0 saturated heterocycles. The van der Waals surface area contributed by atoms with Gasteiger partial charge in [-0.05, 0) is 36.2 Å². The maximum absolute atomic E-state index is 3.22. The molecule has 104 valence electrons. The zero-order valence-corrected chi connectivity index (χ0v) is 12.3. The van der Waals surface area contributed by atoms with Gasteiger partial charge in [-0.15, -0.1) is 0 Å². The van der Waals surface area contributed by atoms with E-state index >= 15 is 0 Å². The Kier molecular flexibility index (Phi) is 3.86. The van der Waals surface area contributed by atoms with E-state index in [2.05, 4.69) is 59.6 Å². The second kappa shape index (κ2) is 5.78. The lowest BCUT2D eigenvalue weighted by molar-refractivity contribution is 0.275. The van der Waals surface area contributed by atoms with E-state index in [1.54, 1.807) is 0 Å². The molecule has 0 spiro atoms. The number of benzene rings is 2. The minimum Gasteiger partial charge on any atom is -0.316 e. The molecule has 0 fully saturated rings. The first kappa shape index (κ1) is 13.3. The molecule has 1 N–H and O–H groups in total. The summed E-state index contributed by atoms with van der Waals surface area (Å²) < 4.78 is 0. The largest absolute Gasteiger partial charge is 0.316 e. The molecule has 1 heterocycles. The van der Waals surface area contributed by atoms with Crippen molar-refractivity contribution in [1.82, 2.24) is 10.2 Å². The van der Waals surface area contributed by atoms with Gasteiger partial charge in [0.15, 0.2) is 0 Å². The van der Waals surface area contributed by atoms with Crippen LogP contribution in [0.25, 0.3) is 0 Å². The molecule has 2 heteroatoms. The first-order valence-corrected chi connectivity index (χ1v) is 7.28. The highest BCUT2D eigenvalue weighted by Crippen LogP contribution is 2.25. The molecule has 1 aliphatic rings. The first-order chi connectivity index (χ1) is 9.74. The summed E-state index contributed by atoms with van der Waals surface area (Å²) in [5.74, 6) is 0. The smallest absolute Gasteiger partial charge is 0.0244 e. The molecule has 0 unspecified atom stereocenters. The fraction of sp³-hybridized carbons (Fsp3) is 0.333. The van der Waals surface area contributed by atoms with Gasteiger partial charge in [0, 0.05) is 26.2 Å². The number of hydrogen-bond acceptors (Lipinski definition) is 2. The predicted molar refractivity (Wildman–Crippen MR) is 83.3 cm³/mol. The third-order valence-electron chi connectivity index (χ3n) is 3.97. The molecule has 0 amide bonds. The summed E-state index contributed by atoms with van der Waals surface area (Å²) >= 11 is 0. The van der Waals surface area contributed by atoms with Crippen LogP contribution in [0.4, 0.5) is 0 Å². The second-order valence-corrected chi connectivity index (χ2v) is 5.76. The Morgan fingerprint density at radius 2 is 1.65 bits per heavy atom. The van der Waals surface area contributed by atoms with Crippen LogP contribution < -0.4 is 5.32 Å². The number of rotatable bonds is 4. The van der Waals surface area contributed by atoms with Gasteiger partial charge in [0.2, 0.25) is 0 Å². The summed E-state index contributed by atoms with van der Waals surface area (Å²) in [7, 11) is 2.00. The first-order valence-electron chi connectivity index (χ1n) is 7.28. The summed E-state index contributed by atoms with van der Waals surface area (Å²) in [6, 6.07) is 15.8. The van der Waals surface area contributed by atoms with E-state index in [-0.39, 0.29) is 0 Å². The average Bonchev–Trinajstić information content (AvgIpc) is 2.83. The molecule has 0 radical (unpaired) electrons. The SMILES string of the molecule is CNCc1ccc2c(c1)CN(Cc1ccc(C)cc1)C2. The number of hydrogen-bond donors (Lipinski definition) is 1. The third-order valence-corrected chi connectivity index (χ3v) is 3.97. The van der Waals surface area contributed by atoms with Gasteiger partial charge in [-0.1, -0.05) is 48.0 Å². The van der Waals surface area contributed by atoms with Gasteiger partial charge in [-0.2, -0.15) is 0 Å². The maximum atomic E-state index is 3.22. The van der Waals surface area contributed by atoms with E-state index in [4.69, 9.17) is 0 Å². The Hall–Kier alpha value is -1.64. The number of nitrogens with one attached hydrogen (secondary N) is 1. The van der Waals surface area contributed by atoms with Crippen molar-refractivity contribution in [3.05, 3.63) is 70.3 Å². The molecule has 2 aromatic rings. The van der Waals surface area contributed by atoms with Gasteiger partial charge in [0.25, 0.3) is 0 Å². The van der Waals surface area contributed by atoms with E-state index in [0.717, 1.165) is 26.2 Å². The van der Waals surface area contributed by atoms with Crippen molar-refractivity contribution < 1.29 is 0 Å². The normalized spacial score (nSPS) is 14.5. The molecule has 3 rings (SSSR count). The van der Waals surface area contributed by atoms with Gasteiger partial charge in [-0.3, -0.25) is 4.90 Å². The van der Waals surface area contributed by atoms with Crippen LogP contribution in [0, 0.1) is 6.92 Å². The van der Waals surface area contributed by atoms with Gasteiger partial charge < -0.3 is 5.32 Å². The summed E-state index contributed by atoms with van der Waals surface area (Å²) in [6.45, 7) is 6.27. The molecule has 0 atom stereocenters. The fourth-order valence-electron chi connectivity index (χ4n) is 2.90. The Morgan fingerprint density at radius 3 is 2.40 bits per heavy atom. The lowest BCUT2D eigenvalue weighted by Gasteiger charge is -2.14. The third kappa shape index (κ3) is 2.92. The maximum Gasteiger partial charge on any atom is 0.0244 e. The molecule has 0 bridgehead atoms. The highest BCUT2D eigenvalue weighted by atomic mass is 15.1. The van der Waals surface area contributed by atoms with Crippen LogP contribution in [-0.2, 0) is 26.2 Å². The van der Waals surface area contributed by atoms with Crippen molar-refractivity contribution in [2.24, 2.45) is 0 Å². The van der Waals surface area contributed by atoms with E-state index in [1.807, 2.05) is 7.05 Å². The summed E-state index contributed by atoms with van der Waals surface area (Å²) in [5.41, 5.74) is 7.08. The molecule has 2 aromatic carbocycles. The van der Waals surface area contributed by atoms with Gasteiger partial charge in [-0.25, -0.2) is 0 Å². The van der Waals surface area contributed by atoms with Crippen LogP contribution in [-0.4, -0.2) is 11.9 Å². The Labute approximate surface area is 121 Å². The van der Waals surface area contributed by atoms with Gasteiger partial charge in [0.05, 0.1) is 0 Å². The topological polar surface area (TPSA) is 15.3 Å². The Morgan fingerprint density at radius 1 is 0.950 bits per heavy atom. The minimum absolute atomic E-state index is 0.950. The minimum atomic E-state index is 0.950. The van der Waals surface area contributed by atoms with Crippen LogP contribution in [0.2, 0.25) is 0 Å². The molecule has 0 saturated carbocycles. The Balaban J connectivity index is 1.69. The highest BCUT2D eigenvalue weighted by molar-refractivity contribution is 5.35. The molecular formula is C18H22N2.